The highest BCUT2D eigenvalue weighted by Crippen LogP contribution is 2.35. The van der Waals surface area contributed by atoms with Crippen molar-refractivity contribution in [2.45, 2.75) is 38.0 Å². The molecular weight excluding hydrogens is 302 g/mol. The monoisotopic (exact) mass is 315 g/mol. The molecule has 86 valence electrons. The van der Waals surface area contributed by atoms with Crippen LogP contribution in [0, 0.1) is 6.92 Å². The van der Waals surface area contributed by atoms with Gasteiger partial charge in [0.05, 0.1) is 19.7 Å². The van der Waals surface area contributed by atoms with Gasteiger partial charge in [0.2, 0.25) is 0 Å². The Kier molecular flexibility index (Phi) is 3.93. The summed E-state index contributed by atoms with van der Waals surface area (Å²) in [5, 5.41) is 1.23. The van der Waals surface area contributed by atoms with Gasteiger partial charge in [-0.15, -0.1) is 24.0 Å². The minimum Gasteiger partial charge on any atom is -0.240 e. The zero-order valence-corrected chi connectivity index (χ0v) is 12.7. The van der Waals surface area contributed by atoms with Crippen LogP contribution in [0.2, 0.25) is 0 Å². The number of thiazole rings is 1. The maximum Gasteiger partial charge on any atom is 0.0968 e. The third kappa shape index (κ3) is 2.29. The SMILES string of the molecule is CCCCc1nc2c(Br)c(S)c(C)cc2s1. The van der Waals surface area contributed by atoms with E-state index in [0.717, 1.165) is 21.3 Å². The number of halogens is 1. The molecule has 0 N–H and O–H groups in total. The van der Waals surface area contributed by atoms with Gasteiger partial charge in [0.25, 0.3) is 0 Å². The molecule has 0 fully saturated rings. The van der Waals surface area contributed by atoms with E-state index in [1.54, 1.807) is 11.3 Å². The molecule has 4 heteroatoms. The fourth-order valence-corrected chi connectivity index (χ4v) is 3.65. The second-order valence-electron chi connectivity index (χ2n) is 3.91. The van der Waals surface area contributed by atoms with Gasteiger partial charge in [0, 0.05) is 4.90 Å². The van der Waals surface area contributed by atoms with Crippen molar-refractivity contribution in [2.75, 3.05) is 0 Å². The van der Waals surface area contributed by atoms with Gasteiger partial charge >= 0.3 is 0 Å². The van der Waals surface area contributed by atoms with Gasteiger partial charge in [-0.05, 0) is 47.3 Å². The zero-order valence-electron chi connectivity index (χ0n) is 9.38. The average Bonchev–Trinajstić information content (AvgIpc) is 2.66. The Hall–Kier alpha value is -0.0600. The molecule has 0 saturated heterocycles. The van der Waals surface area contributed by atoms with Crippen LogP contribution in [0.25, 0.3) is 10.2 Å². The van der Waals surface area contributed by atoms with E-state index < -0.39 is 0 Å². The third-order valence-corrected chi connectivity index (χ3v) is 5.30. The summed E-state index contributed by atoms with van der Waals surface area (Å²) in [6.07, 6.45) is 3.52. The third-order valence-electron chi connectivity index (χ3n) is 2.58. The molecule has 0 saturated carbocycles. The lowest BCUT2D eigenvalue weighted by Gasteiger charge is -2.01. The quantitative estimate of drug-likeness (QED) is 0.786. The van der Waals surface area contributed by atoms with Crippen LogP contribution in [0.1, 0.15) is 30.3 Å². The Labute approximate surface area is 114 Å². The van der Waals surface area contributed by atoms with E-state index in [1.807, 2.05) is 0 Å². The minimum absolute atomic E-state index is 1.000. The smallest absolute Gasteiger partial charge is 0.0968 e. The highest BCUT2D eigenvalue weighted by atomic mass is 79.9. The fourth-order valence-electron chi connectivity index (χ4n) is 1.62. The van der Waals surface area contributed by atoms with Gasteiger partial charge < -0.3 is 0 Å². The highest BCUT2D eigenvalue weighted by molar-refractivity contribution is 9.10. The van der Waals surface area contributed by atoms with E-state index in [0.29, 0.717) is 0 Å². The Balaban J connectivity index is 2.49. The van der Waals surface area contributed by atoms with Crippen molar-refractivity contribution in [2.24, 2.45) is 0 Å². The molecule has 0 aliphatic carbocycles. The lowest BCUT2D eigenvalue weighted by atomic mass is 10.2. The number of nitrogens with zero attached hydrogens (tertiary/aromatic N) is 1. The first kappa shape index (κ1) is 12.4. The molecule has 2 aromatic rings. The second kappa shape index (κ2) is 5.07. The number of hydrogen-bond acceptors (Lipinski definition) is 3. The molecular formula is C12H14BrNS2. The summed E-state index contributed by atoms with van der Waals surface area (Å²) in [5.74, 6) is 0. The van der Waals surface area contributed by atoms with Crippen LogP contribution in [0.4, 0.5) is 0 Å². The number of aryl methyl sites for hydroxylation is 2. The van der Waals surface area contributed by atoms with Gasteiger partial charge in [-0.25, -0.2) is 4.98 Å². The number of hydrogen-bond donors (Lipinski definition) is 1. The predicted molar refractivity (Wildman–Crippen MR) is 77.9 cm³/mol. The lowest BCUT2D eigenvalue weighted by Crippen LogP contribution is -1.83. The zero-order chi connectivity index (χ0) is 11.7. The van der Waals surface area contributed by atoms with Crippen LogP contribution < -0.4 is 0 Å². The van der Waals surface area contributed by atoms with Gasteiger partial charge in [0.1, 0.15) is 0 Å². The molecule has 1 nitrogen and oxygen atoms in total. The van der Waals surface area contributed by atoms with Gasteiger partial charge in [-0.1, -0.05) is 13.3 Å². The normalized spacial score (nSPS) is 11.2. The van der Waals surface area contributed by atoms with E-state index in [9.17, 15) is 0 Å². The molecule has 2 rings (SSSR count). The molecule has 1 aromatic heterocycles. The summed E-state index contributed by atoms with van der Waals surface area (Å²) in [5.41, 5.74) is 2.26. The summed E-state index contributed by atoms with van der Waals surface area (Å²) in [7, 11) is 0. The first-order valence-electron chi connectivity index (χ1n) is 5.41. The molecule has 0 aliphatic rings. The first-order chi connectivity index (χ1) is 7.63. The molecule has 0 spiro atoms. The van der Waals surface area contributed by atoms with Gasteiger partial charge in [-0.2, -0.15) is 0 Å². The molecule has 1 aromatic carbocycles. The van der Waals surface area contributed by atoms with E-state index in [1.165, 1.54) is 28.1 Å². The Morgan fingerprint density at radius 3 is 2.94 bits per heavy atom. The van der Waals surface area contributed by atoms with Crippen molar-refractivity contribution in [1.82, 2.24) is 4.98 Å². The summed E-state index contributed by atoms with van der Waals surface area (Å²) in [6, 6.07) is 2.18. The maximum absolute atomic E-state index is 4.67. The average molecular weight is 316 g/mol. The number of benzene rings is 1. The molecule has 0 radical (unpaired) electrons. The summed E-state index contributed by atoms with van der Waals surface area (Å²) < 4.78 is 2.29. The topological polar surface area (TPSA) is 12.9 Å². The van der Waals surface area contributed by atoms with Crippen molar-refractivity contribution in [1.29, 1.82) is 0 Å². The second-order valence-corrected chi connectivity index (χ2v) is 6.27. The first-order valence-corrected chi connectivity index (χ1v) is 7.46. The Morgan fingerprint density at radius 2 is 2.25 bits per heavy atom. The molecule has 0 atom stereocenters. The van der Waals surface area contributed by atoms with Crippen molar-refractivity contribution in [3.8, 4) is 0 Å². The van der Waals surface area contributed by atoms with Crippen LogP contribution >= 0.6 is 39.9 Å². The van der Waals surface area contributed by atoms with E-state index in [4.69, 9.17) is 0 Å². The Bertz CT molecular complexity index is 519. The van der Waals surface area contributed by atoms with Crippen LogP contribution in [0.15, 0.2) is 15.4 Å². The van der Waals surface area contributed by atoms with Gasteiger partial charge in [-0.3, -0.25) is 0 Å². The van der Waals surface area contributed by atoms with Gasteiger partial charge in [0.15, 0.2) is 0 Å². The van der Waals surface area contributed by atoms with Crippen LogP contribution in [-0.2, 0) is 6.42 Å². The maximum atomic E-state index is 4.67. The van der Waals surface area contributed by atoms with Crippen molar-refractivity contribution < 1.29 is 0 Å². The molecule has 16 heavy (non-hydrogen) atoms. The fraction of sp³-hybridized carbons (Fsp3) is 0.417. The number of rotatable bonds is 3. The Morgan fingerprint density at radius 1 is 1.50 bits per heavy atom. The van der Waals surface area contributed by atoms with Crippen LogP contribution in [0.5, 0.6) is 0 Å². The minimum atomic E-state index is 1.000. The largest absolute Gasteiger partial charge is 0.240 e. The van der Waals surface area contributed by atoms with E-state index in [-0.39, 0.29) is 0 Å². The lowest BCUT2D eigenvalue weighted by molar-refractivity contribution is 0.791. The molecule has 1 heterocycles. The summed E-state index contributed by atoms with van der Waals surface area (Å²) >= 11 is 9.86. The van der Waals surface area contributed by atoms with Crippen molar-refractivity contribution in [3.63, 3.8) is 0 Å². The number of fused-ring (bicyclic) bond motifs is 1. The van der Waals surface area contributed by atoms with Crippen molar-refractivity contribution >= 4 is 50.1 Å². The number of aromatic nitrogens is 1. The van der Waals surface area contributed by atoms with Crippen molar-refractivity contribution in [3.05, 3.63) is 21.1 Å². The molecule has 0 unspecified atom stereocenters. The summed E-state index contributed by atoms with van der Waals surface area (Å²) in [4.78, 5) is 5.67. The number of unbranched alkanes of at least 4 members (excludes halogenated alkanes) is 1. The highest BCUT2D eigenvalue weighted by Gasteiger charge is 2.11. The van der Waals surface area contributed by atoms with Crippen LogP contribution in [-0.4, -0.2) is 4.98 Å². The predicted octanol–water partition coefficient (Wildman–Crippen LogP) is 5.00. The number of thiol groups is 1. The standard InChI is InChI=1S/C12H14BrNS2/c1-3-4-5-9-14-11-8(16-9)6-7(2)12(15)10(11)13/h6,15H,3-5H2,1-2H3. The molecule has 0 aliphatic heterocycles. The van der Waals surface area contributed by atoms with E-state index in [2.05, 4.69) is 53.5 Å². The summed E-state index contributed by atoms with van der Waals surface area (Å²) in [6.45, 7) is 4.29. The molecule has 0 amide bonds. The molecule has 0 bridgehead atoms. The van der Waals surface area contributed by atoms with Crippen LogP contribution in [0.3, 0.4) is 0 Å². The van der Waals surface area contributed by atoms with E-state index >= 15 is 0 Å².